The topological polar surface area (TPSA) is 46.0 Å². The van der Waals surface area contributed by atoms with E-state index in [-0.39, 0.29) is 11.6 Å². The molecule has 1 N–H and O–H groups in total. The van der Waals surface area contributed by atoms with E-state index in [1.807, 2.05) is 0 Å². The van der Waals surface area contributed by atoms with E-state index in [2.05, 4.69) is 135 Å². The molecule has 8 aliphatic rings. The zero-order chi connectivity index (χ0) is 30.6. The van der Waals surface area contributed by atoms with Crippen molar-refractivity contribution in [1.29, 1.82) is 0 Å². The Hall–Kier alpha value is -4.70. The first-order valence-corrected chi connectivity index (χ1v) is 16.9. The van der Waals surface area contributed by atoms with Crippen LogP contribution < -0.4 is 10.1 Å². The molecule has 2 saturated carbocycles. The third kappa shape index (κ3) is 3.98. The summed E-state index contributed by atoms with van der Waals surface area (Å²) in [4.78, 5) is 10.6. The number of fused-ring (bicyclic) bond motifs is 5. The first-order chi connectivity index (χ1) is 22.5. The number of benzene rings is 2. The van der Waals surface area contributed by atoms with Crippen LogP contribution in [-0.2, 0) is 5.41 Å². The fourth-order valence-corrected chi connectivity index (χ4v) is 9.06. The second-order valence-electron chi connectivity index (χ2n) is 14.5. The van der Waals surface area contributed by atoms with Gasteiger partial charge in [0.05, 0.1) is 0 Å². The Balaban J connectivity index is 0.992. The third-order valence-electron chi connectivity index (χ3n) is 11.5. The molecule has 226 valence electrons. The predicted octanol–water partition coefficient (Wildman–Crippen LogP) is 8.32. The highest BCUT2D eigenvalue weighted by Crippen LogP contribution is 2.65. The Labute approximate surface area is 270 Å². The quantitative estimate of drug-likeness (QED) is 0.384. The maximum absolute atomic E-state index is 6.65. The van der Waals surface area contributed by atoms with E-state index >= 15 is 0 Å². The van der Waals surface area contributed by atoms with E-state index in [1.165, 1.54) is 39.8 Å². The number of hydrogen-bond acceptors (Lipinski definition) is 4. The molecule has 2 aromatic carbocycles. The molecular weight excluding hydrogens is 562 g/mol. The van der Waals surface area contributed by atoms with Crippen LogP contribution in [0, 0.1) is 35.5 Å². The van der Waals surface area contributed by atoms with Crippen molar-refractivity contribution in [3.05, 3.63) is 160 Å². The Morgan fingerprint density at radius 1 is 0.826 bits per heavy atom. The first-order valence-electron chi connectivity index (χ1n) is 16.9. The molecule has 0 aromatic heterocycles. The van der Waals surface area contributed by atoms with Gasteiger partial charge in [-0.2, -0.15) is 0 Å². The van der Waals surface area contributed by atoms with E-state index in [1.54, 1.807) is 0 Å². The van der Waals surface area contributed by atoms with E-state index in [4.69, 9.17) is 14.7 Å². The van der Waals surface area contributed by atoms with Crippen molar-refractivity contribution in [1.82, 2.24) is 5.32 Å². The minimum absolute atomic E-state index is 0.0209. The number of nitrogens with zero attached hydrogens (tertiary/aromatic N) is 2. The van der Waals surface area contributed by atoms with Gasteiger partial charge in [-0.15, -0.1) is 0 Å². The van der Waals surface area contributed by atoms with Crippen LogP contribution >= 0.6 is 0 Å². The number of allylic oxidation sites excluding steroid dienone is 13. The molecule has 4 nitrogen and oxygen atoms in total. The summed E-state index contributed by atoms with van der Waals surface area (Å²) < 4.78 is 6.65. The van der Waals surface area contributed by atoms with Gasteiger partial charge in [0.25, 0.3) is 0 Å². The second kappa shape index (κ2) is 9.65. The summed E-state index contributed by atoms with van der Waals surface area (Å²) in [6.45, 7) is 4.75. The number of para-hydroxylation sites is 1. The van der Waals surface area contributed by atoms with Crippen LogP contribution in [0.4, 0.5) is 0 Å². The van der Waals surface area contributed by atoms with Crippen LogP contribution in [0.25, 0.3) is 0 Å². The lowest BCUT2D eigenvalue weighted by Crippen LogP contribution is -2.39. The molecule has 0 saturated heterocycles. The molecule has 2 aliphatic heterocycles. The van der Waals surface area contributed by atoms with Crippen molar-refractivity contribution >= 4 is 11.7 Å². The van der Waals surface area contributed by atoms with Gasteiger partial charge < -0.3 is 10.1 Å². The maximum atomic E-state index is 6.65. The minimum atomic E-state index is -0.245. The summed E-state index contributed by atoms with van der Waals surface area (Å²) in [5.41, 5.74) is 9.38. The number of hydrogen-bond donors (Lipinski definition) is 1. The Kier molecular flexibility index (Phi) is 5.56. The molecule has 0 radical (unpaired) electrons. The largest absolute Gasteiger partial charge is 0.457 e. The number of ether oxygens (including phenoxy) is 1. The normalized spacial score (nSPS) is 33.6. The number of nitrogens with one attached hydrogen (secondary N) is 1. The zero-order valence-electron chi connectivity index (χ0n) is 26.2. The number of amidine groups is 2. The van der Waals surface area contributed by atoms with Crippen LogP contribution in [-0.4, -0.2) is 17.8 Å². The Morgan fingerprint density at radius 2 is 1.70 bits per heavy atom. The highest BCUT2D eigenvalue weighted by Gasteiger charge is 2.59. The maximum Gasteiger partial charge on any atom is 0.169 e. The van der Waals surface area contributed by atoms with Gasteiger partial charge in [0.2, 0.25) is 0 Å². The van der Waals surface area contributed by atoms with Crippen LogP contribution in [0.15, 0.2) is 159 Å². The molecule has 10 rings (SSSR count). The SMILES string of the molecule is CC1(C)C2=C(C=C(C3=CC=CC4C3C4C3=NC(C4=CCC5C=CC=CC5=C4)N=C(c4ccccc4)N3)C3CC23)Oc2ccccc21. The summed E-state index contributed by atoms with van der Waals surface area (Å²) in [5.74, 6) is 6.82. The minimum Gasteiger partial charge on any atom is -0.457 e. The lowest BCUT2D eigenvalue weighted by Gasteiger charge is -2.38. The molecule has 6 aliphatic carbocycles. The zero-order valence-corrected chi connectivity index (χ0v) is 26.2. The van der Waals surface area contributed by atoms with Crippen molar-refractivity contribution in [3.8, 4) is 5.75 Å². The van der Waals surface area contributed by atoms with E-state index in [0.717, 1.165) is 35.2 Å². The third-order valence-corrected chi connectivity index (χ3v) is 11.5. The predicted molar refractivity (Wildman–Crippen MR) is 184 cm³/mol. The first kappa shape index (κ1) is 26.5. The highest BCUT2D eigenvalue weighted by molar-refractivity contribution is 6.12. The van der Waals surface area contributed by atoms with Gasteiger partial charge in [0, 0.05) is 34.3 Å². The smallest absolute Gasteiger partial charge is 0.169 e. The van der Waals surface area contributed by atoms with Crippen molar-refractivity contribution < 1.29 is 4.74 Å². The van der Waals surface area contributed by atoms with E-state index in [0.29, 0.717) is 35.5 Å². The highest BCUT2D eigenvalue weighted by atomic mass is 16.5. The van der Waals surface area contributed by atoms with Gasteiger partial charge in [-0.3, -0.25) is 0 Å². The van der Waals surface area contributed by atoms with Crippen molar-refractivity contribution in [3.63, 3.8) is 0 Å². The molecule has 0 spiro atoms. The van der Waals surface area contributed by atoms with Crippen molar-refractivity contribution in [2.45, 2.75) is 38.3 Å². The fourth-order valence-electron chi connectivity index (χ4n) is 9.06. The van der Waals surface area contributed by atoms with Crippen LogP contribution in [0.5, 0.6) is 5.75 Å². The molecular formula is C42H37N3O. The average Bonchev–Trinajstić information content (AvgIpc) is 4.02. The van der Waals surface area contributed by atoms with Crippen LogP contribution in [0.3, 0.4) is 0 Å². The van der Waals surface area contributed by atoms with Gasteiger partial charge in [0.1, 0.15) is 23.2 Å². The lowest BCUT2D eigenvalue weighted by atomic mass is 9.71. The monoisotopic (exact) mass is 599 g/mol. The lowest BCUT2D eigenvalue weighted by molar-refractivity contribution is 0.365. The summed E-state index contributed by atoms with van der Waals surface area (Å²) >= 11 is 0. The molecule has 7 unspecified atom stereocenters. The van der Waals surface area contributed by atoms with Crippen molar-refractivity contribution in [2.75, 3.05) is 0 Å². The standard InChI is InChI=1S/C42H37N3O/c1-42(2)33-17-8-9-18-34(33)46-35-23-31(30-22-32(30)38(35)42)28-15-10-16-29-36(28)37(29)41-44-39(25-12-4-3-5-13-25)43-40(45-41)27-20-19-24-11-6-7-14-26(24)21-27/h3-18,20-21,23-24,29-30,32,36-37,40H,19,22H2,1-2H3,(H,43,44,45). The summed E-state index contributed by atoms with van der Waals surface area (Å²) in [5, 5.41) is 3.74. The molecule has 2 aromatic rings. The average molecular weight is 600 g/mol. The molecule has 2 heterocycles. The molecule has 4 heteroatoms. The molecule has 0 amide bonds. The van der Waals surface area contributed by atoms with Crippen molar-refractivity contribution in [2.24, 2.45) is 45.5 Å². The molecule has 2 fully saturated rings. The molecule has 7 atom stereocenters. The Morgan fingerprint density at radius 3 is 2.61 bits per heavy atom. The number of rotatable bonds is 4. The summed E-state index contributed by atoms with van der Waals surface area (Å²) in [6.07, 6.45) is 24.9. The van der Waals surface area contributed by atoms with Gasteiger partial charge >= 0.3 is 0 Å². The van der Waals surface area contributed by atoms with Gasteiger partial charge in [-0.25, -0.2) is 9.98 Å². The van der Waals surface area contributed by atoms with E-state index < -0.39 is 0 Å². The van der Waals surface area contributed by atoms with Gasteiger partial charge in [-0.05, 0) is 70.6 Å². The van der Waals surface area contributed by atoms with E-state index in [9.17, 15) is 0 Å². The van der Waals surface area contributed by atoms with Gasteiger partial charge in [-0.1, -0.05) is 117 Å². The van der Waals surface area contributed by atoms with Gasteiger partial charge in [0.15, 0.2) is 6.17 Å². The van der Waals surface area contributed by atoms with Crippen LogP contribution in [0.1, 0.15) is 37.8 Å². The molecule has 0 bridgehead atoms. The van der Waals surface area contributed by atoms with Crippen LogP contribution in [0.2, 0.25) is 0 Å². The summed E-state index contributed by atoms with van der Waals surface area (Å²) in [6, 6.07) is 19.1. The summed E-state index contributed by atoms with van der Waals surface area (Å²) in [7, 11) is 0. The molecule has 46 heavy (non-hydrogen) atoms. The number of aliphatic imine (C=N–C) groups is 2. The second-order valence-corrected chi connectivity index (χ2v) is 14.5. The Bertz CT molecular complexity index is 2010. The fraction of sp³-hybridized carbons (Fsp3) is 0.286.